The van der Waals surface area contributed by atoms with E-state index in [0.717, 1.165) is 12.8 Å². The van der Waals surface area contributed by atoms with Gasteiger partial charge in [0, 0.05) is 22.6 Å². The lowest BCUT2D eigenvalue weighted by Crippen LogP contribution is -2.27. The Kier molecular flexibility index (Phi) is 5.83. The molecule has 27 heavy (non-hydrogen) atoms. The number of ether oxygens (including phenoxy) is 1. The van der Waals surface area contributed by atoms with Crippen molar-refractivity contribution in [3.05, 3.63) is 57.8 Å². The van der Waals surface area contributed by atoms with Gasteiger partial charge < -0.3 is 10.1 Å². The van der Waals surface area contributed by atoms with Gasteiger partial charge in [-0.25, -0.2) is 17.5 Å². The molecule has 1 fully saturated rings. The van der Waals surface area contributed by atoms with Crippen molar-refractivity contribution in [3.8, 4) is 5.75 Å². The minimum absolute atomic E-state index is 0.0671. The number of carbonyl (C=O) groups is 1. The molecule has 144 valence electrons. The molecule has 1 amide bonds. The van der Waals surface area contributed by atoms with Gasteiger partial charge in [-0.3, -0.25) is 4.79 Å². The second-order valence-corrected chi connectivity index (χ2v) is 8.72. The smallest absolute Gasteiger partial charge is 0.251 e. The number of sulfonamides is 1. The lowest BCUT2D eigenvalue weighted by Gasteiger charge is -2.12. The quantitative estimate of drug-likeness (QED) is 0.670. The maximum Gasteiger partial charge on any atom is 0.251 e. The van der Waals surface area contributed by atoms with E-state index in [4.69, 9.17) is 4.74 Å². The third-order valence-electron chi connectivity index (χ3n) is 4.06. The monoisotopic (exact) mass is 456 g/mol. The number of rotatable bonds is 7. The van der Waals surface area contributed by atoms with Crippen LogP contribution in [0.2, 0.25) is 0 Å². The van der Waals surface area contributed by atoms with Crippen molar-refractivity contribution in [2.75, 3.05) is 7.11 Å². The van der Waals surface area contributed by atoms with E-state index >= 15 is 0 Å². The van der Waals surface area contributed by atoms with Gasteiger partial charge in [0.1, 0.15) is 16.5 Å². The summed E-state index contributed by atoms with van der Waals surface area (Å²) in [5, 5.41) is 2.66. The molecule has 0 atom stereocenters. The predicted molar refractivity (Wildman–Crippen MR) is 102 cm³/mol. The number of amides is 1. The first-order valence-corrected chi connectivity index (χ1v) is 10.5. The molecule has 1 aliphatic carbocycles. The van der Waals surface area contributed by atoms with E-state index in [2.05, 4.69) is 26.0 Å². The largest absolute Gasteiger partial charge is 0.495 e. The fourth-order valence-corrected chi connectivity index (χ4v) is 4.36. The highest BCUT2D eigenvalue weighted by atomic mass is 79.9. The molecule has 6 nitrogen and oxygen atoms in total. The maximum atomic E-state index is 13.4. The summed E-state index contributed by atoms with van der Waals surface area (Å²) in [6.45, 7) is 0.0889. The molecular formula is C18H18BrFN2O4S. The van der Waals surface area contributed by atoms with E-state index in [1.165, 1.54) is 37.4 Å². The van der Waals surface area contributed by atoms with Gasteiger partial charge in [0.05, 0.1) is 7.11 Å². The van der Waals surface area contributed by atoms with Crippen molar-refractivity contribution < 1.29 is 22.3 Å². The summed E-state index contributed by atoms with van der Waals surface area (Å²) in [4.78, 5) is 12.4. The summed E-state index contributed by atoms with van der Waals surface area (Å²) in [5.74, 6) is -0.726. The lowest BCUT2D eigenvalue weighted by atomic mass is 10.2. The Labute approximate surface area is 165 Å². The number of benzene rings is 2. The Morgan fingerprint density at radius 1 is 1.26 bits per heavy atom. The number of carbonyl (C=O) groups excluding carboxylic acids is 1. The molecule has 9 heteroatoms. The first-order valence-electron chi connectivity index (χ1n) is 8.22. The van der Waals surface area contributed by atoms with Gasteiger partial charge in [-0.1, -0.05) is 15.9 Å². The van der Waals surface area contributed by atoms with Crippen molar-refractivity contribution >= 4 is 31.9 Å². The van der Waals surface area contributed by atoms with Crippen LogP contribution in [0.25, 0.3) is 0 Å². The molecule has 0 radical (unpaired) electrons. The fourth-order valence-electron chi connectivity index (χ4n) is 2.47. The number of nitrogens with one attached hydrogen (secondary N) is 2. The van der Waals surface area contributed by atoms with Crippen molar-refractivity contribution in [1.82, 2.24) is 10.0 Å². The van der Waals surface area contributed by atoms with E-state index in [1.807, 2.05) is 0 Å². The van der Waals surface area contributed by atoms with Crippen molar-refractivity contribution in [1.29, 1.82) is 0 Å². The Morgan fingerprint density at radius 2 is 2.00 bits per heavy atom. The Bertz CT molecular complexity index is 977. The number of methoxy groups -OCH3 is 1. The van der Waals surface area contributed by atoms with Crippen LogP contribution >= 0.6 is 15.9 Å². The van der Waals surface area contributed by atoms with E-state index in [0.29, 0.717) is 10.0 Å². The zero-order valence-electron chi connectivity index (χ0n) is 14.5. The van der Waals surface area contributed by atoms with Crippen LogP contribution in [0.1, 0.15) is 28.8 Å². The van der Waals surface area contributed by atoms with Crippen LogP contribution in [0.3, 0.4) is 0 Å². The average Bonchev–Trinajstić information content (AvgIpc) is 3.45. The van der Waals surface area contributed by atoms with Gasteiger partial charge in [-0.2, -0.15) is 0 Å². The fraction of sp³-hybridized carbons (Fsp3) is 0.278. The highest BCUT2D eigenvalue weighted by Crippen LogP contribution is 2.28. The van der Waals surface area contributed by atoms with Crippen LogP contribution < -0.4 is 14.8 Å². The highest BCUT2D eigenvalue weighted by Gasteiger charge is 2.30. The van der Waals surface area contributed by atoms with Gasteiger partial charge >= 0.3 is 0 Å². The molecule has 2 aromatic rings. The van der Waals surface area contributed by atoms with Gasteiger partial charge in [-0.05, 0) is 54.8 Å². The number of hydrogen-bond donors (Lipinski definition) is 2. The van der Waals surface area contributed by atoms with E-state index in [1.54, 1.807) is 6.07 Å². The summed E-state index contributed by atoms with van der Waals surface area (Å²) in [6, 6.07) is 8.30. The highest BCUT2D eigenvalue weighted by molar-refractivity contribution is 9.10. The first-order chi connectivity index (χ1) is 12.8. The third-order valence-corrected chi connectivity index (χ3v) is 6.38. The molecule has 0 saturated heterocycles. The Morgan fingerprint density at radius 3 is 2.67 bits per heavy atom. The molecule has 1 aliphatic rings. The van der Waals surface area contributed by atoms with Crippen molar-refractivity contribution in [2.45, 2.75) is 30.3 Å². The Balaban J connectivity index is 1.80. The standard InChI is InChI=1S/C18H18BrFN2O4S/c1-26-16-7-2-11(9-17(16)27(24,25)22-14-4-5-14)18(23)21-10-12-8-13(20)3-6-15(12)19/h2-3,6-9,14,22H,4-5,10H2,1H3,(H,21,23). The molecule has 2 aromatic carbocycles. The SMILES string of the molecule is COc1ccc(C(=O)NCc2cc(F)ccc2Br)cc1S(=O)(=O)NC1CC1. The van der Waals surface area contributed by atoms with Crippen molar-refractivity contribution in [3.63, 3.8) is 0 Å². The van der Waals surface area contributed by atoms with Crippen LogP contribution in [0, 0.1) is 5.82 Å². The van der Waals surface area contributed by atoms with Gasteiger partial charge in [0.25, 0.3) is 5.91 Å². The van der Waals surface area contributed by atoms with E-state index in [-0.39, 0.29) is 28.8 Å². The van der Waals surface area contributed by atoms with Crippen LogP contribution in [0.15, 0.2) is 45.8 Å². The number of halogens is 2. The molecule has 1 saturated carbocycles. The lowest BCUT2D eigenvalue weighted by molar-refractivity contribution is 0.0950. The first kappa shape index (κ1) is 19.8. The molecule has 0 spiro atoms. The minimum Gasteiger partial charge on any atom is -0.495 e. The molecule has 3 rings (SSSR count). The molecule has 0 bridgehead atoms. The summed E-state index contributed by atoms with van der Waals surface area (Å²) < 4.78 is 46.8. The molecule has 0 aromatic heterocycles. The van der Waals surface area contributed by atoms with Gasteiger partial charge in [-0.15, -0.1) is 0 Å². The summed E-state index contributed by atoms with van der Waals surface area (Å²) >= 11 is 3.30. The second-order valence-electron chi connectivity index (χ2n) is 6.18. The summed E-state index contributed by atoms with van der Waals surface area (Å²) in [7, 11) is -2.42. The minimum atomic E-state index is -3.79. The van der Waals surface area contributed by atoms with E-state index < -0.39 is 21.7 Å². The molecule has 0 unspecified atom stereocenters. The van der Waals surface area contributed by atoms with Crippen LogP contribution in [-0.4, -0.2) is 27.5 Å². The molecule has 2 N–H and O–H groups in total. The summed E-state index contributed by atoms with van der Waals surface area (Å²) in [6.07, 6.45) is 1.59. The zero-order valence-corrected chi connectivity index (χ0v) is 16.9. The molecule has 0 aliphatic heterocycles. The number of hydrogen-bond acceptors (Lipinski definition) is 4. The normalized spacial score (nSPS) is 14.0. The van der Waals surface area contributed by atoms with Crippen LogP contribution in [-0.2, 0) is 16.6 Å². The average molecular weight is 457 g/mol. The molecular weight excluding hydrogens is 439 g/mol. The predicted octanol–water partition coefficient (Wildman–Crippen LogP) is 2.97. The van der Waals surface area contributed by atoms with Gasteiger partial charge in [0.2, 0.25) is 10.0 Å². The van der Waals surface area contributed by atoms with Crippen molar-refractivity contribution in [2.24, 2.45) is 0 Å². The van der Waals surface area contributed by atoms with Crippen LogP contribution in [0.4, 0.5) is 4.39 Å². The Hall–Kier alpha value is -1.97. The van der Waals surface area contributed by atoms with Gasteiger partial charge in [0.15, 0.2) is 0 Å². The van der Waals surface area contributed by atoms with E-state index in [9.17, 15) is 17.6 Å². The summed E-state index contributed by atoms with van der Waals surface area (Å²) in [5.41, 5.74) is 0.736. The van der Waals surface area contributed by atoms with Crippen LogP contribution in [0.5, 0.6) is 5.75 Å². The molecule has 0 heterocycles. The zero-order chi connectivity index (χ0) is 19.6. The second kappa shape index (κ2) is 7.95. The topological polar surface area (TPSA) is 84.5 Å². The third kappa shape index (κ3) is 4.85. The maximum absolute atomic E-state index is 13.4.